The average Bonchev–Trinajstić information content (AvgIpc) is 3.67. The summed E-state index contributed by atoms with van der Waals surface area (Å²) >= 11 is 0. The summed E-state index contributed by atoms with van der Waals surface area (Å²) in [6.45, 7) is 4.75. The lowest BCUT2D eigenvalue weighted by Crippen LogP contribution is -2.30. The fourth-order valence-corrected chi connectivity index (χ4v) is 8.29. The van der Waals surface area contributed by atoms with E-state index in [4.69, 9.17) is 4.42 Å². The number of furan rings is 1. The molecule has 0 saturated carbocycles. The minimum Gasteiger partial charge on any atom is -0.455 e. The zero-order valence-electron chi connectivity index (χ0n) is 27.1. The predicted octanol–water partition coefficient (Wildman–Crippen LogP) is 12.7. The fourth-order valence-electron chi connectivity index (χ4n) is 8.29. The van der Waals surface area contributed by atoms with Gasteiger partial charge in [-0.2, -0.15) is 0 Å². The van der Waals surface area contributed by atoms with E-state index in [-0.39, 0.29) is 5.41 Å². The molecule has 8 aromatic rings. The number of nitrogens with zero attached hydrogens (tertiary/aromatic N) is 2. The molecule has 3 heterocycles. The van der Waals surface area contributed by atoms with Gasteiger partial charge >= 0.3 is 0 Å². The Morgan fingerprint density at radius 2 is 1.42 bits per heavy atom. The van der Waals surface area contributed by atoms with E-state index in [1.807, 2.05) is 6.07 Å². The van der Waals surface area contributed by atoms with Crippen molar-refractivity contribution in [1.82, 2.24) is 4.57 Å². The third-order valence-electron chi connectivity index (χ3n) is 10.6. The van der Waals surface area contributed by atoms with Gasteiger partial charge in [0.2, 0.25) is 0 Å². The van der Waals surface area contributed by atoms with Gasteiger partial charge in [-0.25, -0.2) is 0 Å². The molecule has 0 amide bonds. The maximum absolute atomic E-state index is 6.50. The first-order valence-electron chi connectivity index (χ1n) is 16.9. The van der Waals surface area contributed by atoms with Crippen LogP contribution in [0.2, 0.25) is 0 Å². The Bertz CT molecular complexity index is 2650. The molecular weight excluding hydrogens is 585 g/mol. The van der Waals surface area contributed by atoms with Crippen molar-refractivity contribution in [3.8, 4) is 11.1 Å². The van der Waals surface area contributed by atoms with Gasteiger partial charge < -0.3 is 13.9 Å². The molecule has 0 atom stereocenters. The highest BCUT2D eigenvalue weighted by Gasteiger charge is 2.37. The highest BCUT2D eigenvalue weighted by molar-refractivity contribution is 6.15. The minimum absolute atomic E-state index is 0.185. The molecule has 10 rings (SSSR count). The number of rotatable bonds is 3. The zero-order chi connectivity index (χ0) is 32.0. The quantitative estimate of drug-likeness (QED) is 0.196. The number of hydrogen-bond acceptors (Lipinski definition) is 2. The van der Waals surface area contributed by atoms with E-state index in [2.05, 4.69) is 163 Å². The van der Waals surface area contributed by atoms with Gasteiger partial charge in [0.15, 0.2) is 0 Å². The number of benzene rings is 6. The zero-order valence-corrected chi connectivity index (χ0v) is 27.1. The molecule has 1 aliphatic heterocycles. The summed E-state index contributed by atoms with van der Waals surface area (Å²) in [5.74, 6) is 0. The van der Waals surface area contributed by atoms with Gasteiger partial charge in [-0.1, -0.05) is 105 Å². The monoisotopic (exact) mass is 618 g/mol. The Hall–Kier alpha value is -5.80. The highest BCUT2D eigenvalue weighted by atomic mass is 16.3. The molecule has 3 nitrogen and oxygen atoms in total. The van der Waals surface area contributed by atoms with E-state index in [0.717, 1.165) is 45.9 Å². The molecule has 0 saturated heterocycles. The first-order valence-corrected chi connectivity index (χ1v) is 16.9. The molecule has 0 fully saturated rings. The Labute approximate surface area is 279 Å². The molecule has 0 unspecified atom stereocenters. The highest BCUT2D eigenvalue weighted by Crippen LogP contribution is 2.54. The number of fused-ring (bicyclic) bond motifs is 8. The molecule has 2 aliphatic rings. The second-order valence-corrected chi connectivity index (χ2v) is 13.7. The predicted molar refractivity (Wildman–Crippen MR) is 202 cm³/mol. The minimum atomic E-state index is -0.185. The molecule has 6 aromatic carbocycles. The molecule has 2 aromatic heterocycles. The molecule has 3 heteroatoms. The van der Waals surface area contributed by atoms with Crippen molar-refractivity contribution in [2.24, 2.45) is 0 Å². The summed E-state index contributed by atoms with van der Waals surface area (Å²) in [4.78, 5) is 2.46. The number of allylic oxidation sites excluding steroid dienone is 4. The van der Waals surface area contributed by atoms with Crippen LogP contribution in [0.1, 0.15) is 37.8 Å². The third kappa shape index (κ3) is 3.82. The first kappa shape index (κ1) is 27.3. The molecular formula is C45H34N2O. The van der Waals surface area contributed by atoms with E-state index in [1.165, 1.54) is 55.7 Å². The maximum atomic E-state index is 6.50. The van der Waals surface area contributed by atoms with Crippen LogP contribution in [0.3, 0.4) is 0 Å². The smallest absolute Gasteiger partial charge is 0.143 e. The van der Waals surface area contributed by atoms with Crippen LogP contribution in [-0.4, -0.2) is 4.57 Å². The van der Waals surface area contributed by atoms with E-state index < -0.39 is 0 Å². The van der Waals surface area contributed by atoms with Gasteiger partial charge in [-0.15, -0.1) is 0 Å². The Morgan fingerprint density at radius 3 is 2.29 bits per heavy atom. The van der Waals surface area contributed by atoms with Gasteiger partial charge in [-0.05, 0) is 84.1 Å². The summed E-state index contributed by atoms with van der Waals surface area (Å²) in [6, 6.07) is 46.5. The molecule has 48 heavy (non-hydrogen) atoms. The van der Waals surface area contributed by atoms with Gasteiger partial charge in [0.05, 0.1) is 22.4 Å². The lowest BCUT2D eigenvalue weighted by molar-refractivity contribution is 0.632. The fraction of sp³-hybridized carbons (Fsp3) is 0.111. The summed E-state index contributed by atoms with van der Waals surface area (Å²) in [7, 11) is 0. The number of hydrogen-bond donors (Lipinski definition) is 0. The van der Waals surface area contributed by atoms with Crippen LogP contribution in [0.15, 0.2) is 150 Å². The van der Waals surface area contributed by atoms with E-state index in [1.54, 1.807) is 0 Å². The largest absolute Gasteiger partial charge is 0.455 e. The van der Waals surface area contributed by atoms with Gasteiger partial charge in [0.1, 0.15) is 11.2 Å². The molecule has 0 bridgehead atoms. The van der Waals surface area contributed by atoms with Crippen LogP contribution in [0.4, 0.5) is 17.1 Å². The van der Waals surface area contributed by atoms with Crippen LogP contribution >= 0.6 is 0 Å². The van der Waals surface area contributed by atoms with Crippen molar-refractivity contribution >= 4 is 66.5 Å². The number of aromatic nitrogens is 1. The van der Waals surface area contributed by atoms with Crippen molar-refractivity contribution in [3.63, 3.8) is 0 Å². The first-order chi connectivity index (χ1) is 23.6. The van der Waals surface area contributed by atoms with Gasteiger partial charge in [-0.3, -0.25) is 0 Å². The standard InChI is InChI=1S/C45H34N2O/c1-45(2)37-21-10-11-22-40(37)47(31-16-7-4-8-17-31)42-27-36-35-26-29(32-19-13-20-34-33-18-9-12-23-43(33)48-44(32)34)24-25-39(35)46(41(36)28-38(42)45)30-14-5-3-6-15-30/h3-5,7-14,16-28H,6,15H2,1-2H3. The molecule has 1 aliphatic carbocycles. The van der Waals surface area contributed by atoms with Crippen LogP contribution in [0, 0.1) is 0 Å². The average molecular weight is 619 g/mol. The maximum Gasteiger partial charge on any atom is 0.143 e. The van der Waals surface area contributed by atoms with E-state index in [0.29, 0.717) is 0 Å². The van der Waals surface area contributed by atoms with Gasteiger partial charge in [0.25, 0.3) is 0 Å². The van der Waals surface area contributed by atoms with Crippen molar-refractivity contribution in [1.29, 1.82) is 0 Å². The molecule has 0 spiro atoms. The summed E-state index contributed by atoms with van der Waals surface area (Å²) < 4.78 is 9.02. The van der Waals surface area contributed by atoms with Crippen molar-refractivity contribution in [3.05, 3.63) is 157 Å². The topological polar surface area (TPSA) is 21.3 Å². The van der Waals surface area contributed by atoms with Crippen molar-refractivity contribution < 1.29 is 4.42 Å². The number of anilines is 3. The molecule has 230 valence electrons. The lowest BCUT2D eigenvalue weighted by Gasteiger charge is -2.42. The van der Waals surface area contributed by atoms with E-state index >= 15 is 0 Å². The molecule has 0 N–H and O–H groups in total. The van der Waals surface area contributed by atoms with Crippen LogP contribution in [0.25, 0.3) is 60.6 Å². The normalized spacial score (nSPS) is 15.3. The molecule has 0 radical (unpaired) electrons. The summed E-state index contributed by atoms with van der Waals surface area (Å²) in [5.41, 5.74) is 14.1. The van der Waals surface area contributed by atoms with Crippen molar-refractivity contribution in [2.45, 2.75) is 32.1 Å². The van der Waals surface area contributed by atoms with Crippen LogP contribution in [-0.2, 0) is 5.41 Å². The number of para-hydroxylation sites is 4. The van der Waals surface area contributed by atoms with Crippen molar-refractivity contribution in [2.75, 3.05) is 4.90 Å². The Balaban J connectivity index is 1.29. The SMILES string of the molecule is CC1(C)c2ccccc2N(c2ccccc2)c2cc3c4cc(-c5cccc6c5oc5ccccc56)ccc4n(C4=CC=CCC4)c3cc21. The Morgan fingerprint density at radius 1 is 0.625 bits per heavy atom. The summed E-state index contributed by atoms with van der Waals surface area (Å²) in [5, 5.41) is 4.81. The second kappa shape index (κ2) is 10.1. The lowest BCUT2D eigenvalue weighted by atomic mass is 9.73. The third-order valence-corrected chi connectivity index (χ3v) is 10.6. The van der Waals surface area contributed by atoms with Crippen LogP contribution < -0.4 is 4.90 Å². The van der Waals surface area contributed by atoms with Gasteiger partial charge in [0, 0.05) is 43.9 Å². The summed E-state index contributed by atoms with van der Waals surface area (Å²) in [6.07, 6.45) is 8.83. The van der Waals surface area contributed by atoms with E-state index in [9.17, 15) is 0 Å². The Kier molecular flexibility index (Phi) is 5.75. The van der Waals surface area contributed by atoms with Crippen LogP contribution in [0.5, 0.6) is 0 Å². The second-order valence-electron chi connectivity index (χ2n) is 13.7.